The molecule has 21 heavy (non-hydrogen) atoms. The van der Waals surface area contributed by atoms with Crippen LogP contribution in [-0.4, -0.2) is 24.7 Å². The zero-order valence-electron chi connectivity index (χ0n) is 13.3. The predicted octanol–water partition coefficient (Wildman–Crippen LogP) is 3.28. The van der Waals surface area contributed by atoms with E-state index in [1.807, 2.05) is 0 Å². The lowest BCUT2D eigenvalue weighted by Gasteiger charge is -2.60. The van der Waals surface area contributed by atoms with Crippen LogP contribution in [0, 0.1) is 23.7 Å². The second-order valence-corrected chi connectivity index (χ2v) is 8.14. The molecular formula is C18H29NO2. The highest BCUT2D eigenvalue weighted by Gasteiger charge is 2.62. The van der Waals surface area contributed by atoms with E-state index in [0.717, 1.165) is 11.8 Å². The van der Waals surface area contributed by atoms with Gasteiger partial charge in [0.1, 0.15) is 5.54 Å². The maximum Gasteiger partial charge on any atom is 0.326 e. The summed E-state index contributed by atoms with van der Waals surface area (Å²) >= 11 is 0. The second kappa shape index (κ2) is 5.26. The van der Waals surface area contributed by atoms with Gasteiger partial charge in [-0.15, -0.1) is 0 Å². The minimum Gasteiger partial charge on any atom is -0.468 e. The van der Waals surface area contributed by atoms with Crippen molar-refractivity contribution >= 4 is 5.97 Å². The molecular weight excluding hydrogens is 262 g/mol. The fourth-order valence-corrected chi connectivity index (χ4v) is 6.31. The van der Waals surface area contributed by atoms with E-state index >= 15 is 0 Å². The van der Waals surface area contributed by atoms with Crippen molar-refractivity contribution < 1.29 is 9.53 Å². The smallest absolute Gasteiger partial charge is 0.326 e. The number of carbonyl (C=O) groups is 1. The average Bonchev–Trinajstić information content (AvgIpc) is 2.50. The number of nitrogens with one attached hydrogen (secondary N) is 1. The van der Waals surface area contributed by atoms with E-state index in [4.69, 9.17) is 4.74 Å². The van der Waals surface area contributed by atoms with Crippen LogP contribution in [0.2, 0.25) is 0 Å². The third kappa shape index (κ3) is 2.15. The number of ether oxygens (including phenoxy) is 1. The molecule has 5 aliphatic carbocycles. The Labute approximate surface area is 128 Å². The number of hydrogen-bond donors (Lipinski definition) is 1. The first kappa shape index (κ1) is 14.0. The Morgan fingerprint density at radius 3 is 2.05 bits per heavy atom. The first-order valence-corrected chi connectivity index (χ1v) is 9.08. The molecule has 0 aliphatic heterocycles. The van der Waals surface area contributed by atoms with Crippen LogP contribution in [-0.2, 0) is 9.53 Å². The van der Waals surface area contributed by atoms with Crippen molar-refractivity contribution in [1.82, 2.24) is 5.32 Å². The summed E-state index contributed by atoms with van der Waals surface area (Å²) in [5.74, 6) is 2.88. The topological polar surface area (TPSA) is 38.3 Å². The van der Waals surface area contributed by atoms with Gasteiger partial charge in [-0.05, 0) is 68.6 Å². The summed E-state index contributed by atoms with van der Waals surface area (Å²) in [5.41, 5.74) is -0.343. The molecule has 0 amide bonds. The first-order valence-electron chi connectivity index (χ1n) is 9.08. The summed E-state index contributed by atoms with van der Waals surface area (Å²) in [6.45, 7) is 0. The SMILES string of the molecule is COC(=O)C1(NC2CCCCC2)C2CC3CC(C2)CC1C3. The molecule has 0 spiro atoms. The molecule has 5 aliphatic rings. The summed E-state index contributed by atoms with van der Waals surface area (Å²) in [6.07, 6.45) is 12.9. The minimum atomic E-state index is -0.343. The van der Waals surface area contributed by atoms with Crippen molar-refractivity contribution in [3.05, 3.63) is 0 Å². The van der Waals surface area contributed by atoms with Crippen LogP contribution >= 0.6 is 0 Å². The Morgan fingerprint density at radius 1 is 0.952 bits per heavy atom. The minimum absolute atomic E-state index is 0.0434. The molecule has 0 atom stereocenters. The first-order chi connectivity index (χ1) is 10.2. The van der Waals surface area contributed by atoms with Gasteiger partial charge in [-0.25, -0.2) is 0 Å². The van der Waals surface area contributed by atoms with E-state index in [-0.39, 0.29) is 11.5 Å². The molecule has 4 bridgehead atoms. The van der Waals surface area contributed by atoms with Crippen molar-refractivity contribution in [2.45, 2.75) is 75.8 Å². The molecule has 3 heteroatoms. The monoisotopic (exact) mass is 291 g/mol. The zero-order chi connectivity index (χ0) is 14.4. The maximum absolute atomic E-state index is 12.8. The Hall–Kier alpha value is -0.570. The van der Waals surface area contributed by atoms with E-state index < -0.39 is 0 Å². The van der Waals surface area contributed by atoms with Gasteiger partial charge in [-0.3, -0.25) is 10.1 Å². The molecule has 0 unspecified atom stereocenters. The molecule has 0 aromatic heterocycles. The van der Waals surface area contributed by atoms with Crippen LogP contribution in [0.3, 0.4) is 0 Å². The Bertz CT molecular complexity index is 385. The maximum atomic E-state index is 12.8. The average molecular weight is 291 g/mol. The van der Waals surface area contributed by atoms with Crippen LogP contribution in [0.25, 0.3) is 0 Å². The number of hydrogen-bond acceptors (Lipinski definition) is 3. The summed E-state index contributed by atoms with van der Waals surface area (Å²) in [7, 11) is 1.58. The molecule has 0 radical (unpaired) electrons. The lowest BCUT2D eigenvalue weighted by Crippen LogP contribution is -2.71. The molecule has 1 N–H and O–H groups in total. The van der Waals surface area contributed by atoms with Crippen LogP contribution in [0.5, 0.6) is 0 Å². The highest BCUT2D eigenvalue weighted by atomic mass is 16.5. The quantitative estimate of drug-likeness (QED) is 0.811. The van der Waals surface area contributed by atoms with E-state index in [0.29, 0.717) is 17.9 Å². The summed E-state index contributed by atoms with van der Waals surface area (Å²) in [4.78, 5) is 12.8. The van der Waals surface area contributed by atoms with Crippen LogP contribution in [0.15, 0.2) is 0 Å². The molecule has 5 saturated carbocycles. The number of methoxy groups -OCH3 is 1. The van der Waals surface area contributed by atoms with Gasteiger partial charge in [0.05, 0.1) is 7.11 Å². The van der Waals surface area contributed by atoms with Gasteiger partial charge in [-0.2, -0.15) is 0 Å². The van der Waals surface area contributed by atoms with Gasteiger partial charge in [0.15, 0.2) is 0 Å². The molecule has 5 rings (SSSR count). The molecule has 0 saturated heterocycles. The Morgan fingerprint density at radius 2 is 1.52 bits per heavy atom. The lowest BCUT2D eigenvalue weighted by molar-refractivity contribution is -0.169. The molecule has 3 nitrogen and oxygen atoms in total. The predicted molar refractivity (Wildman–Crippen MR) is 81.8 cm³/mol. The highest BCUT2D eigenvalue weighted by Crippen LogP contribution is 2.58. The molecule has 0 aromatic carbocycles. The van der Waals surface area contributed by atoms with Crippen molar-refractivity contribution in [1.29, 1.82) is 0 Å². The van der Waals surface area contributed by atoms with Crippen molar-refractivity contribution in [3.8, 4) is 0 Å². The zero-order valence-corrected chi connectivity index (χ0v) is 13.3. The largest absolute Gasteiger partial charge is 0.468 e. The van der Waals surface area contributed by atoms with Gasteiger partial charge in [0, 0.05) is 6.04 Å². The standard InChI is InChI=1S/C18H29NO2/c1-21-17(20)18(19-16-5-3-2-4-6-16)14-8-12-7-13(10-14)11-15(18)9-12/h12-16,19H,2-11H2,1H3. The highest BCUT2D eigenvalue weighted by molar-refractivity contribution is 5.82. The molecule has 0 aromatic rings. The fraction of sp³-hybridized carbons (Fsp3) is 0.944. The van der Waals surface area contributed by atoms with Crippen LogP contribution < -0.4 is 5.32 Å². The number of rotatable bonds is 3. The number of esters is 1. The molecule has 118 valence electrons. The van der Waals surface area contributed by atoms with Gasteiger partial charge < -0.3 is 4.74 Å². The van der Waals surface area contributed by atoms with Crippen molar-refractivity contribution in [2.24, 2.45) is 23.7 Å². The number of carbonyl (C=O) groups excluding carboxylic acids is 1. The van der Waals surface area contributed by atoms with Crippen molar-refractivity contribution in [3.63, 3.8) is 0 Å². The molecule has 5 fully saturated rings. The van der Waals surface area contributed by atoms with Crippen molar-refractivity contribution in [2.75, 3.05) is 7.11 Å². The summed E-state index contributed by atoms with van der Waals surface area (Å²) < 4.78 is 5.32. The molecule has 0 heterocycles. The normalized spacial score (nSPS) is 45.8. The summed E-state index contributed by atoms with van der Waals surface area (Å²) in [6, 6.07) is 0.537. The lowest BCUT2D eigenvalue weighted by atomic mass is 9.48. The van der Waals surface area contributed by atoms with Gasteiger partial charge in [0.2, 0.25) is 0 Å². The van der Waals surface area contributed by atoms with Gasteiger partial charge in [-0.1, -0.05) is 19.3 Å². The van der Waals surface area contributed by atoms with Crippen LogP contribution in [0.1, 0.15) is 64.2 Å². The van der Waals surface area contributed by atoms with E-state index in [1.54, 1.807) is 7.11 Å². The Kier molecular flexibility index (Phi) is 3.52. The van der Waals surface area contributed by atoms with E-state index in [2.05, 4.69) is 5.32 Å². The summed E-state index contributed by atoms with van der Waals surface area (Å²) in [5, 5.41) is 3.89. The van der Waals surface area contributed by atoms with Gasteiger partial charge >= 0.3 is 5.97 Å². The van der Waals surface area contributed by atoms with Crippen LogP contribution in [0.4, 0.5) is 0 Å². The van der Waals surface area contributed by atoms with E-state index in [9.17, 15) is 4.79 Å². The fourth-order valence-electron chi connectivity index (χ4n) is 6.31. The second-order valence-electron chi connectivity index (χ2n) is 8.14. The third-order valence-corrected chi connectivity index (χ3v) is 7.00. The van der Waals surface area contributed by atoms with Gasteiger partial charge in [0.25, 0.3) is 0 Å². The van der Waals surface area contributed by atoms with E-state index in [1.165, 1.54) is 64.2 Å². The third-order valence-electron chi connectivity index (χ3n) is 7.00. The Balaban J connectivity index is 1.62.